The van der Waals surface area contributed by atoms with Gasteiger partial charge in [-0.15, -0.1) is 0 Å². The first-order valence-electron chi connectivity index (χ1n) is 9.34. The maximum Gasteiger partial charge on any atom is 0.405 e. The molecule has 1 aromatic carbocycles. The molecule has 0 radical (unpaired) electrons. The number of ether oxygens (including phenoxy) is 4. The fraction of sp³-hybridized carbons (Fsp3) is 0.350. The zero-order valence-electron chi connectivity index (χ0n) is 17.6. The molecular formula is C20H22N2O10. The molecule has 3 atom stereocenters. The summed E-state index contributed by atoms with van der Waals surface area (Å²) in [5.74, 6) is -0.626. The molecule has 2 amide bonds. The van der Waals surface area contributed by atoms with E-state index in [0.29, 0.717) is 5.56 Å². The number of aliphatic hydroxyl groups excluding tert-OH is 1. The molecule has 12 heteroatoms. The van der Waals surface area contributed by atoms with Crippen LogP contribution in [-0.4, -0.2) is 47.8 Å². The highest BCUT2D eigenvalue weighted by Gasteiger charge is 2.43. The molecule has 0 fully saturated rings. The predicted octanol–water partition coefficient (Wildman–Crippen LogP) is 1.20. The van der Waals surface area contributed by atoms with E-state index in [1.807, 2.05) is 0 Å². The van der Waals surface area contributed by atoms with Gasteiger partial charge in [0.15, 0.2) is 29.4 Å². The lowest BCUT2D eigenvalue weighted by atomic mass is 10.1. The number of hydrogen-bond donors (Lipinski definition) is 4. The molecule has 1 aliphatic rings. The van der Waals surface area contributed by atoms with E-state index in [1.54, 1.807) is 6.92 Å². The average molecular weight is 450 g/mol. The van der Waals surface area contributed by atoms with Gasteiger partial charge in [0, 0.05) is 12.5 Å². The van der Waals surface area contributed by atoms with Crippen LogP contribution in [0.1, 0.15) is 19.4 Å². The van der Waals surface area contributed by atoms with Crippen LogP contribution < -0.4 is 21.4 Å². The minimum Gasteiger partial charge on any atom is -0.505 e. The van der Waals surface area contributed by atoms with Crippen LogP contribution in [0.15, 0.2) is 32.9 Å². The van der Waals surface area contributed by atoms with Crippen LogP contribution in [0.25, 0.3) is 11.0 Å². The second kappa shape index (κ2) is 8.67. The molecule has 172 valence electrons. The van der Waals surface area contributed by atoms with Gasteiger partial charge in [-0.25, -0.2) is 9.59 Å². The molecule has 0 saturated heterocycles. The van der Waals surface area contributed by atoms with Gasteiger partial charge in [-0.05, 0) is 26.0 Å². The third-order valence-corrected chi connectivity index (χ3v) is 4.74. The number of primary amides is 1. The van der Waals surface area contributed by atoms with Crippen LogP contribution in [0.3, 0.4) is 0 Å². The van der Waals surface area contributed by atoms with Gasteiger partial charge in [-0.1, -0.05) is 0 Å². The van der Waals surface area contributed by atoms with Crippen molar-refractivity contribution < 1.29 is 43.2 Å². The van der Waals surface area contributed by atoms with Crippen molar-refractivity contribution in [2.75, 3.05) is 12.4 Å². The number of fused-ring (bicyclic) bond motifs is 1. The highest BCUT2D eigenvalue weighted by molar-refractivity contribution is 5.97. The van der Waals surface area contributed by atoms with Crippen LogP contribution >= 0.6 is 0 Å². The van der Waals surface area contributed by atoms with Gasteiger partial charge >= 0.3 is 11.7 Å². The third kappa shape index (κ3) is 4.12. The Labute approximate surface area is 181 Å². The lowest BCUT2D eigenvalue weighted by molar-refractivity contribution is -0.174. The van der Waals surface area contributed by atoms with Crippen molar-refractivity contribution in [3.05, 3.63) is 39.6 Å². The summed E-state index contributed by atoms with van der Waals surface area (Å²) in [7, 11) is 1.31. The van der Waals surface area contributed by atoms with Crippen molar-refractivity contribution >= 4 is 28.7 Å². The van der Waals surface area contributed by atoms with Gasteiger partial charge in [0.25, 0.3) is 6.29 Å². The second-order valence-electron chi connectivity index (χ2n) is 6.94. The first kappa shape index (κ1) is 22.7. The number of methoxy groups -OCH3 is 1. The van der Waals surface area contributed by atoms with E-state index in [4.69, 9.17) is 29.1 Å². The van der Waals surface area contributed by atoms with Crippen molar-refractivity contribution in [3.8, 4) is 11.5 Å². The third-order valence-electron chi connectivity index (χ3n) is 4.74. The zero-order valence-corrected chi connectivity index (χ0v) is 17.6. The number of nitrogens with one attached hydrogen (secondary N) is 1. The fourth-order valence-corrected chi connectivity index (χ4v) is 3.31. The lowest BCUT2D eigenvalue weighted by Gasteiger charge is -2.35. The highest BCUT2D eigenvalue weighted by atomic mass is 16.7. The fourth-order valence-electron chi connectivity index (χ4n) is 3.31. The number of hydrogen-bond acceptors (Lipinski definition) is 10. The number of aliphatic hydroxyl groups is 1. The number of amides is 2. The van der Waals surface area contributed by atoms with Gasteiger partial charge in [-0.3, -0.25) is 4.79 Å². The summed E-state index contributed by atoms with van der Waals surface area (Å²) in [5.41, 5.74) is 4.03. The number of aromatic hydroxyl groups is 1. The first-order valence-corrected chi connectivity index (χ1v) is 9.34. The van der Waals surface area contributed by atoms with Crippen molar-refractivity contribution in [3.63, 3.8) is 0 Å². The highest BCUT2D eigenvalue weighted by Crippen LogP contribution is 2.37. The molecule has 0 aliphatic carbocycles. The average Bonchev–Trinajstić information content (AvgIpc) is 2.71. The Morgan fingerprint density at radius 3 is 2.53 bits per heavy atom. The van der Waals surface area contributed by atoms with Crippen molar-refractivity contribution in [1.82, 2.24) is 0 Å². The monoisotopic (exact) mass is 450 g/mol. The number of allylic oxidation sites excluding steroid dienone is 1. The Balaban J connectivity index is 1.99. The Kier molecular flexibility index (Phi) is 6.16. The second-order valence-corrected chi connectivity index (χ2v) is 6.94. The van der Waals surface area contributed by atoms with E-state index >= 15 is 0 Å². The van der Waals surface area contributed by atoms with Crippen LogP contribution in [-0.2, 0) is 19.0 Å². The number of nitrogens with two attached hydrogens (primary N) is 1. The van der Waals surface area contributed by atoms with E-state index < -0.39 is 41.9 Å². The van der Waals surface area contributed by atoms with Gasteiger partial charge < -0.3 is 44.6 Å². The Morgan fingerprint density at radius 1 is 1.25 bits per heavy atom. The molecule has 32 heavy (non-hydrogen) atoms. The topological polar surface area (TPSA) is 180 Å². The minimum atomic E-state index is -1.51. The van der Waals surface area contributed by atoms with Crippen LogP contribution in [0.2, 0.25) is 0 Å². The number of carbonyl (C=O) groups excluding carboxylic acids is 2. The molecule has 1 unspecified atom stereocenters. The van der Waals surface area contributed by atoms with Gasteiger partial charge in [-0.2, -0.15) is 0 Å². The Bertz CT molecular complexity index is 1170. The van der Waals surface area contributed by atoms with Crippen LogP contribution in [0, 0.1) is 6.92 Å². The normalized spacial score (nSPS) is 20.5. The van der Waals surface area contributed by atoms with E-state index in [9.17, 15) is 24.6 Å². The summed E-state index contributed by atoms with van der Waals surface area (Å²) in [5, 5.41) is 23.4. The van der Waals surface area contributed by atoms with Crippen molar-refractivity contribution in [1.29, 1.82) is 0 Å². The summed E-state index contributed by atoms with van der Waals surface area (Å²) < 4.78 is 26.6. The molecule has 1 aliphatic heterocycles. The smallest absolute Gasteiger partial charge is 0.405 e. The van der Waals surface area contributed by atoms with Crippen LogP contribution in [0.4, 0.5) is 10.5 Å². The standard InChI is InChI=1S/C20H22N2O10/c1-7-11(6-5-10-13(24)12(22-9(3)23)18(26)31-15(7)10)30-19-14(25)17(32-20(21)27)16(28-4)8(2)29-19/h5-6,14,17,19,24-25H,1-4H3,(H2,21,27)(H,22,23)/t14-,17+,19?/m0/s1. The molecule has 0 spiro atoms. The summed E-state index contributed by atoms with van der Waals surface area (Å²) in [6.07, 6.45) is -5.27. The Hall–Kier alpha value is -3.93. The van der Waals surface area contributed by atoms with E-state index in [1.165, 1.54) is 33.1 Å². The van der Waals surface area contributed by atoms with Crippen molar-refractivity contribution in [2.45, 2.75) is 39.3 Å². The number of aryl methyl sites for hydroxylation is 1. The molecule has 3 rings (SSSR count). The molecule has 5 N–H and O–H groups in total. The largest absolute Gasteiger partial charge is 0.505 e. The molecule has 0 saturated carbocycles. The minimum absolute atomic E-state index is 0.000758. The molecule has 2 aromatic rings. The maximum atomic E-state index is 12.2. The number of rotatable bonds is 5. The summed E-state index contributed by atoms with van der Waals surface area (Å²) in [6, 6.07) is 2.84. The van der Waals surface area contributed by atoms with E-state index in [-0.39, 0.29) is 33.9 Å². The SMILES string of the molecule is COC1=C(C)OC(Oc2ccc3c(O)c(NC(C)=O)c(=O)oc3c2C)[C@@H](O)[C@H]1OC(N)=O. The summed E-state index contributed by atoms with van der Waals surface area (Å²) >= 11 is 0. The van der Waals surface area contributed by atoms with E-state index in [2.05, 4.69) is 5.32 Å². The molecule has 12 nitrogen and oxygen atoms in total. The maximum absolute atomic E-state index is 12.2. The molecule has 2 heterocycles. The van der Waals surface area contributed by atoms with E-state index in [0.717, 1.165) is 0 Å². The number of carbonyl (C=O) groups is 2. The van der Waals surface area contributed by atoms with Gasteiger partial charge in [0.1, 0.15) is 17.1 Å². The molecular weight excluding hydrogens is 428 g/mol. The molecule has 1 aromatic heterocycles. The lowest BCUT2D eigenvalue weighted by Crippen LogP contribution is -2.49. The van der Waals surface area contributed by atoms with Gasteiger partial charge in [0.2, 0.25) is 5.91 Å². The number of benzene rings is 1. The van der Waals surface area contributed by atoms with Crippen LogP contribution in [0.5, 0.6) is 11.5 Å². The Morgan fingerprint density at radius 2 is 1.94 bits per heavy atom. The quantitative estimate of drug-likeness (QED) is 0.483. The first-order chi connectivity index (χ1) is 15.0. The summed E-state index contributed by atoms with van der Waals surface area (Å²) in [4.78, 5) is 34.7. The molecule has 0 bridgehead atoms. The summed E-state index contributed by atoms with van der Waals surface area (Å²) in [6.45, 7) is 4.25. The van der Waals surface area contributed by atoms with Gasteiger partial charge in [0.05, 0.1) is 12.5 Å². The predicted molar refractivity (Wildman–Crippen MR) is 109 cm³/mol. The van der Waals surface area contributed by atoms with Crippen molar-refractivity contribution in [2.24, 2.45) is 5.73 Å². The zero-order chi connectivity index (χ0) is 23.7. The number of anilines is 1.